The van der Waals surface area contributed by atoms with Crippen LogP contribution in [0.2, 0.25) is 0 Å². The molecule has 0 saturated carbocycles. The number of aryl methyl sites for hydroxylation is 2. The Kier molecular flexibility index (Phi) is 6.37. The molecule has 1 saturated heterocycles. The van der Waals surface area contributed by atoms with Crippen LogP contribution in [0.3, 0.4) is 0 Å². The van der Waals surface area contributed by atoms with Gasteiger partial charge in [0.05, 0.1) is 4.90 Å². The normalized spacial score (nSPS) is 17.9. The average Bonchev–Trinajstić information content (AvgIpc) is 3.10. The Bertz CT molecular complexity index is 972. The number of carbonyl (C=O) groups excluding carboxylic acids is 2. The molecular formula is C22H26N2O4S. The van der Waals surface area contributed by atoms with E-state index in [1.807, 2.05) is 44.2 Å². The first-order valence-corrected chi connectivity index (χ1v) is 11.2. The molecule has 0 radical (unpaired) electrons. The van der Waals surface area contributed by atoms with Crippen LogP contribution in [-0.4, -0.2) is 36.6 Å². The zero-order chi connectivity index (χ0) is 21.0. The van der Waals surface area contributed by atoms with E-state index in [9.17, 15) is 18.0 Å². The summed E-state index contributed by atoms with van der Waals surface area (Å²) >= 11 is 0. The highest BCUT2D eigenvalue weighted by Gasteiger charge is 2.44. The molecule has 0 aromatic heterocycles. The first-order chi connectivity index (χ1) is 13.8. The number of amides is 2. The fraction of sp³-hybridized carbons (Fsp3) is 0.364. The molecule has 7 heteroatoms. The van der Waals surface area contributed by atoms with Crippen molar-refractivity contribution in [2.24, 2.45) is 0 Å². The fourth-order valence-corrected chi connectivity index (χ4v) is 5.07. The van der Waals surface area contributed by atoms with Gasteiger partial charge in [-0.2, -0.15) is 0 Å². The molecule has 0 bridgehead atoms. The Hall–Kier alpha value is -2.67. The molecule has 2 atom stereocenters. The largest absolute Gasteiger partial charge is 0.352 e. The molecule has 0 aliphatic carbocycles. The highest BCUT2D eigenvalue weighted by Crippen LogP contribution is 2.27. The van der Waals surface area contributed by atoms with E-state index in [-0.39, 0.29) is 23.8 Å². The lowest BCUT2D eigenvalue weighted by molar-refractivity contribution is -0.131. The van der Waals surface area contributed by atoms with Gasteiger partial charge >= 0.3 is 0 Å². The van der Waals surface area contributed by atoms with Crippen LogP contribution >= 0.6 is 0 Å². The smallest absolute Gasteiger partial charge is 0.267 e. The van der Waals surface area contributed by atoms with Crippen molar-refractivity contribution in [2.75, 3.05) is 0 Å². The number of nitrogens with zero attached hydrogens (tertiary/aromatic N) is 1. The summed E-state index contributed by atoms with van der Waals surface area (Å²) in [5.41, 5.74) is 2.09. The maximum atomic E-state index is 13.0. The Labute approximate surface area is 172 Å². The lowest BCUT2D eigenvalue weighted by Gasteiger charge is -2.25. The van der Waals surface area contributed by atoms with Crippen LogP contribution < -0.4 is 5.32 Å². The Balaban J connectivity index is 1.69. The van der Waals surface area contributed by atoms with Crippen LogP contribution in [-0.2, 0) is 26.0 Å². The van der Waals surface area contributed by atoms with Gasteiger partial charge in [-0.3, -0.25) is 9.59 Å². The van der Waals surface area contributed by atoms with Gasteiger partial charge in [0.2, 0.25) is 11.8 Å². The lowest BCUT2D eigenvalue weighted by Crippen LogP contribution is -2.49. The van der Waals surface area contributed by atoms with Gasteiger partial charge in [0.1, 0.15) is 6.04 Å². The van der Waals surface area contributed by atoms with Gasteiger partial charge in [0.25, 0.3) is 10.0 Å². The fourth-order valence-electron chi connectivity index (χ4n) is 3.46. The molecule has 1 heterocycles. The van der Waals surface area contributed by atoms with E-state index in [1.165, 1.54) is 17.7 Å². The van der Waals surface area contributed by atoms with Gasteiger partial charge in [-0.05, 0) is 50.8 Å². The Morgan fingerprint density at radius 1 is 1.14 bits per heavy atom. The monoisotopic (exact) mass is 414 g/mol. The molecule has 6 nitrogen and oxygen atoms in total. The Morgan fingerprint density at radius 3 is 2.45 bits per heavy atom. The number of benzene rings is 2. The molecule has 2 aromatic carbocycles. The van der Waals surface area contributed by atoms with Crippen molar-refractivity contribution in [1.82, 2.24) is 9.62 Å². The number of hydrogen-bond acceptors (Lipinski definition) is 4. The second-order valence-electron chi connectivity index (χ2n) is 7.50. The molecule has 1 aliphatic rings. The van der Waals surface area contributed by atoms with Gasteiger partial charge in [-0.1, -0.05) is 48.0 Å². The highest BCUT2D eigenvalue weighted by atomic mass is 32.2. The van der Waals surface area contributed by atoms with E-state index in [0.29, 0.717) is 0 Å². The third-order valence-corrected chi connectivity index (χ3v) is 6.98. The predicted octanol–water partition coefficient (Wildman–Crippen LogP) is 2.81. The van der Waals surface area contributed by atoms with Gasteiger partial charge in [0.15, 0.2) is 0 Å². The quantitative estimate of drug-likeness (QED) is 0.755. The van der Waals surface area contributed by atoms with E-state index >= 15 is 0 Å². The summed E-state index contributed by atoms with van der Waals surface area (Å²) in [5.74, 6) is -0.963. The standard InChI is InChI=1S/C22H26N2O4S/c1-16-8-12-19(13-9-16)29(27,28)24-20(14-15-21(24)25)22(26)23-17(2)10-11-18-6-4-3-5-7-18/h3-9,12-13,17,20H,10-11,14-15H2,1-2H3,(H,23,26)/t17-,20-/m0/s1. The van der Waals surface area contributed by atoms with E-state index in [4.69, 9.17) is 0 Å². The minimum atomic E-state index is -4.07. The number of hydrogen-bond donors (Lipinski definition) is 1. The van der Waals surface area contributed by atoms with Gasteiger partial charge in [-0.25, -0.2) is 12.7 Å². The molecule has 29 heavy (non-hydrogen) atoms. The summed E-state index contributed by atoms with van der Waals surface area (Å²) in [6.07, 6.45) is 1.77. The molecule has 1 aliphatic heterocycles. The Morgan fingerprint density at radius 2 is 1.79 bits per heavy atom. The molecule has 154 valence electrons. The van der Waals surface area contributed by atoms with Gasteiger partial charge in [-0.15, -0.1) is 0 Å². The maximum absolute atomic E-state index is 13.0. The van der Waals surface area contributed by atoms with Crippen molar-refractivity contribution in [1.29, 1.82) is 0 Å². The average molecular weight is 415 g/mol. The first-order valence-electron chi connectivity index (χ1n) is 9.77. The minimum Gasteiger partial charge on any atom is -0.352 e. The topological polar surface area (TPSA) is 83.6 Å². The number of rotatable bonds is 7. The van der Waals surface area contributed by atoms with Crippen molar-refractivity contribution >= 4 is 21.8 Å². The lowest BCUT2D eigenvalue weighted by atomic mass is 10.1. The summed E-state index contributed by atoms with van der Waals surface area (Å²) < 4.78 is 26.7. The molecule has 3 rings (SSSR count). The third kappa shape index (κ3) is 4.85. The summed E-state index contributed by atoms with van der Waals surface area (Å²) in [4.78, 5) is 25.1. The molecule has 1 fully saturated rings. The molecule has 2 aromatic rings. The second kappa shape index (κ2) is 8.78. The van der Waals surface area contributed by atoms with Gasteiger partial charge in [0, 0.05) is 12.5 Å². The summed E-state index contributed by atoms with van der Waals surface area (Å²) in [5, 5.41) is 2.88. The van der Waals surface area contributed by atoms with Crippen LogP contribution in [0, 0.1) is 6.92 Å². The van der Waals surface area contributed by atoms with Crippen LogP contribution in [0.15, 0.2) is 59.5 Å². The van der Waals surface area contributed by atoms with Crippen LogP contribution in [0.1, 0.15) is 37.3 Å². The third-order valence-electron chi connectivity index (χ3n) is 5.14. The van der Waals surface area contributed by atoms with E-state index in [1.54, 1.807) is 12.1 Å². The van der Waals surface area contributed by atoms with Crippen molar-refractivity contribution in [3.8, 4) is 0 Å². The first kappa shape index (κ1) is 21.0. The van der Waals surface area contributed by atoms with E-state index in [0.717, 1.165) is 22.7 Å². The summed E-state index contributed by atoms with van der Waals surface area (Å²) in [6.45, 7) is 3.74. The van der Waals surface area contributed by atoms with Crippen molar-refractivity contribution in [3.05, 3.63) is 65.7 Å². The van der Waals surface area contributed by atoms with E-state index in [2.05, 4.69) is 5.32 Å². The zero-order valence-electron chi connectivity index (χ0n) is 16.7. The molecule has 1 N–H and O–H groups in total. The SMILES string of the molecule is Cc1ccc(S(=O)(=O)N2C(=O)CC[C@H]2C(=O)N[C@@H](C)CCc2ccccc2)cc1. The molecular weight excluding hydrogens is 388 g/mol. The number of nitrogens with one attached hydrogen (secondary N) is 1. The molecule has 2 amide bonds. The molecule has 0 spiro atoms. The maximum Gasteiger partial charge on any atom is 0.267 e. The van der Waals surface area contributed by atoms with Crippen LogP contribution in [0.25, 0.3) is 0 Å². The minimum absolute atomic E-state index is 0.0216. The van der Waals surface area contributed by atoms with Crippen molar-refractivity contribution in [3.63, 3.8) is 0 Å². The predicted molar refractivity (Wildman–Crippen MR) is 111 cm³/mol. The van der Waals surface area contributed by atoms with Crippen molar-refractivity contribution < 1.29 is 18.0 Å². The summed E-state index contributed by atoms with van der Waals surface area (Å²) in [7, 11) is -4.07. The zero-order valence-corrected chi connectivity index (χ0v) is 17.5. The summed E-state index contributed by atoms with van der Waals surface area (Å²) in [6, 6.07) is 15.1. The van der Waals surface area contributed by atoms with Gasteiger partial charge < -0.3 is 5.32 Å². The van der Waals surface area contributed by atoms with Crippen molar-refractivity contribution in [2.45, 2.75) is 56.5 Å². The second-order valence-corrected chi connectivity index (χ2v) is 9.31. The van der Waals surface area contributed by atoms with Crippen LogP contribution in [0.5, 0.6) is 0 Å². The number of sulfonamides is 1. The highest BCUT2D eigenvalue weighted by molar-refractivity contribution is 7.89. The van der Waals surface area contributed by atoms with E-state index < -0.39 is 27.9 Å². The molecule has 0 unspecified atom stereocenters. The van der Waals surface area contributed by atoms with Crippen LogP contribution in [0.4, 0.5) is 0 Å². The number of carbonyl (C=O) groups is 2.